The Bertz CT molecular complexity index is 676. The van der Waals surface area contributed by atoms with Gasteiger partial charge in [-0.2, -0.15) is 0 Å². The molecular weight excluding hydrogens is 334 g/mol. The SMILES string of the molecule is CSc1cccc(N2CC(C(=O)N3CCC(N)C(C)(C)C3)CC2=O)c1. The molecule has 2 heterocycles. The zero-order valence-corrected chi connectivity index (χ0v) is 16.0. The third-order valence-electron chi connectivity index (χ3n) is 5.46. The highest BCUT2D eigenvalue weighted by Gasteiger charge is 2.41. The number of carbonyl (C=O) groups excluding carboxylic acids is 2. The van der Waals surface area contributed by atoms with E-state index in [0.29, 0.717) is 26.1 Å². The first-order chi connectivity index (χ1) is 11.8. The first-order valence-corrected chi connectivity index (χ1v) is 10.0. The van der Waals surface area contributed by atoms with Gasteiger partial charge in [0.15, 0.2) is 0 Å². The number of anilines is 1. The lowest BCUT2D eigenvalue weighted by molar-refractivity contribution is -0.139. The van der Waals surface area contributed by atoms with Crippen molar-refractivity contribution < 1.29 is 9.59 Å². The van der Waals surface area contributed by atoms with Crippen molar-refractivity contribution >= 4 is 29.3 Å². The number of benzene rings is 1. The summed E-state index contributed by atoms with van der Waals surface area (Å²) in [6.07, 6.45) is 3.13. The highest BCUT2D eigenvalue weighted by Crippen LogP contribution is 2.32. The lowest BCUT2D eigenvalue weighted by Crippen LogP contribution is -2.55. The monoisotopic (exact) mass is 361 g/mol. The van der Waals surface area contributed by atoms with Crippen LogP contribution in [0, 0.1) is 11.3 Å². The second kappa shape index (κ2) is 7.00. The molecule has 2 N–H and O–H groups in total. The molecule has 0 aliphatic carbocycles. The smallest absolute Gasteiger partial charge is 0.228 e. The van der Waals surface area contributed by atoms with Gasteiger partial charge in [-0.3, -0.25) is 9.59 Å². The molecular formula is C19H27N3O2S. The number of hydrogen-bond acceptors (Lipinski definition) is 4. The average Bonchev–Trinajstić information content (AvgIpc) is 2.98. The summed E-state index contributed by atoms with van der Waals surface area (Å²) in [7, 11) is 0. The van der Waals surface area contributed by atoms with Gasteiger partial charge in [0.2, 0.25) is 11.8 Å². The number of likely N-dealkylation sites (tertiary alicyclic amines) is 1. The van der Waals surface area contributed by atoms with Crippen LogP contribution in [0.5, 0.6) is 0 Å². The topological polar surface area (TPSA) is 66.6 Å². The van der Waals surface area contributed by atoms with E-state index < -0.39 is 0 Å². The van der Waals surface area contributed by atoms with E-state index in [-0.39, 0.29) is 29.2 Å². The van der Waals surface area contributed by atoms with Gasteiger partial charge in [0.25, 0.3) is 0 Å². The molecule has 0 radical (unpaired) electrons. The summed E-state index contributed by atoms with van der Waals surface area (Å²) in [5, 5.41) is 0. The number of amides is 2. The van der Waals surface area contributed by atoms with Crippen LogP contribution in [0.1, 0.15) is 26.7 Å². The molecule has 1 aromatic carbocycles. The van der Waals surface area contributed by atoms with E-state index in [1.807, 2.05) is 35.4 Å². The molecule has 25 heavy (non-hydrogen) atoms. The fourth-order valence-corrected chi connectivity index (χ4v) is 4.17. The Morgan fingerprint density at radius 2 is 2.12 bits per heavy atom. The highest BCUT2D eigenvalue weighted by molar-refractivity contribution is 7.98. The molecule has 0 aromatic heterocycles. The van der Waals surface area contributed by atoms with Crippen LogP contribution in [0.4, 0.5) is 5.69 Å². The minimum Gasteiger partial charge on any atom is -0.342 e. The summed E-state index contributed by atoms with van der Waals surface area (Å²) in [4.78, 5) is 30.2. The van der Waals surface area contributed by atoms with Crippen LogP contribution in [0.25, 0.3) is 0 Å². The van der Waals surface area contributed by atoms with Crippen LogP contribution < -0.4 is 10.6 Å². The Morgan fingerprint density at radius 3 is 2.80 bits per heavy atom. The zero-order chi connectivity index (χ0) is 18.2. The molecule has 0 spiro atoms. The van der Waals surface area contributed by atoms with E-state index >= 15 is 0 Å². The minimum atomic E-state index is -0.254. The van der Waals surface area contributed by atoms with Gasteiger partial charge in [-0.25, -0.2) is 0 Å². The van der Waals surface area contributed by atoms with Gasteiger partial charge in [-0.05, 0) is 36.3 Å². The Morgan fingerprint density at radius 1 is 1.36 bits per heavy atom. The molecule has 2 saturated heterocycles. The van der Waals surface area contributed by atoms with Crippen LogP contribution in [0.15, 0.2) is 29.2 Å². The van der Waals surface area contributed by atoms with Gasteiger partial charge in [-0.15, -0.1) is 11.8 Å². The summed E-state index contributed by atoms with van der Waals surface area (Å²) in [5.41, 5.74) is 6.98. The number of nitrogens with two attached hydrogens (primary N) is 1. The van der Waals surface area contributed by atoms with Crippen LogP contribution in [0.3, 0.4) is 0 Å². The predicted octanol–water partition coefficient (Wildman–Crippen LogP) is 2.35. The van der Waals surface area contributed by atoms with E-state index in [1.54, 1.807) is 16.7 Å². The number of nitrogens with zero attached hydrogens (tertiary/aromatic N) is 2. The minimum absolute atomic E-state index is 0.0320. The summed E-state index contributed by atoms with van der Waals surface area (Å²) in [6.45, 7) is 6.04. The van der Waals surface area contributed by atoms with Crippen molar-refractivity contribution in [3.8, 4) is 0 Å². The van der Waals surface area contributed by atoms with Crippen molar-refractivity contribution in [2.24, 2.45) is 17.1 Å². The fourth-order valence-electron chi connectivity index (χ4n) is 3.72. The van der Waals surface area contributed by atoms with Gasteiger partial charge in [0.1, 0.15) is 0 Å². The number of piperidine rings is 1. The molecule has 6 heteroatoms. The van der Waals surface area contributed by atoms with Gasteiger partial charge >= 0.3 is 0 Å². The highest BCUT2D eigenvalue weighted by atomic mass is 32.2. The Labute approximate surface area is 153 Å². The van der Waals surface area contributed by atoms with Crippen molar-refractivity contribution in [2.45, 2.75) is 37.6 Å². The lowest BCUT2D eigenvalue weighted by Gasteiger charge is -2.43. The number of thioether (sulfide) groups is 1. The molecule has 1 aromatic rings. The Balaban J connectivity index is 1.70. The van der Waals surface area contributed by atoms with Gasteiger partial charge < -0.3 is 15.5 Å². The van der Waals surface area contributed by atoms with Gasteiger partial charge in [0.05, 0.1) is 5.92 Å². The maximum absolute atomic E-state index is 12.9. The Hall–Kier alpha value is -1.53. The molecule has 5 nitrogen and oxygen atoms in total. The normalized spacial score (nSPS) is 26.2. The predicted molar refractivity (Wildman–Crippen MR) is 102 cm³/mol. The molecule has 2 unspecified atom stereocenters. The van der Waals surface area contributed by atoms with Crippen molar-refractivity contribution in [3.05, 3.63) is 24.3 Å². The number of carbonyl (C=O) groups is 2. The number of hydrogen-bond donors (Lipinski definition) is 1. The molecule has 0 saturated carbocycles. The molecule has 2 atom stereocenters. The van der Waals surface area contributed by atoms with E-state index in [9.17, 15) is 9.59 Å². The maximum Gasteiger partial charge on any atom is 0.228 e. The van der Waals surface area contributed by atoms with Crippen molar-refractivity contribution in [1.29, 1.82) is 0 Å². The van der Waals surface area contributed by atoms with Crippen molar-refractivity contribution in [3.63, 3.8) is 0 Å². The van der Waals surface area contributed by atoms with Crippen LogP contribution in [-0.2, 0) is 9.59 Å². The van der Waals surface area contributed by atoms with Crippen LogP contribution in [-0.4, -0.2) is 48.6 Å². The molecule has 2 aliphatic heterocycles. The standard InChI is InChI=1S/C19H27N3O2S/c1-19(2)12-21(8-7-16(19)20)18(24)13-9-17(23)22(11-13)14-5-4-6-15(10-14)25-3/h4-6,10,13,16H,7-9,11-12,20H2,1-3H3. The van der Waals surface area contributed by atoms with Crippen molar-refractivity contribution in [1.82, 2.24) is 4.90 Å². The number of rotatable bonds is 3. The van der Waals surface area contributed by atoms with E-state index in [4.69, 9.17) is 5.73 Å². The third kappa shape index (κ3) is 3.70. The third-order valence-corrected chi connectivity index (χ3v) is 6.19. The lowest BCUT2D eigenvalue weighted by atomic mass is 9.79. The van der Waals surface area contributed by atoms with Crippen molar-refractivity contribution in [2.75, 3.05) is 30.8 Å². The first kappa shape index (κ1) is 18.3. The van der Waals surface area contributed by atoms with Gasteiger partial charge in [0, 0.05) is 42.7 Å². The fraction of sp³-hybridized carbons (Fsp3) is 0.579. The first-order valence-electron chi connectivity index (χ1n) is 8.80. The molecule has 3 rings (SSSR count). The summed E-state index contributed by atoms with van der Waals surface area (Å²) in [5.74, 6) is -0.128. The second-order valence-electron chi connectivity index (χ2n) is 7.75. The quantitative estimate of drug-likeness (QED) is 0.839. The summed E-state index contributed by atoms with van der Waals surface area (Å²) in [6, 6.07) is 8.05. The van der Waals surface area contributed by atoms with Crippen LogP contribution >= 0.6 is 11.8 Å². The van der Waals surface area contributed by atoms with Crippen LogP contribution in [0.2, 0.25) is 0 Å². The average molecular weight is 362 g/mol. The largest absolute Gasteiger partial charge is 0.342 e. The van der Waals surface area contributed by atoms with E-state index in [1.165, 1.54) is 0 Å². The molecule has 2 amide bonds. The van der Waals surface area contributed by atoms with Gasteiger partial charge in [-0.1, -0.05) is 19.9 Å². The molecule has 0 bridgehead atoms. The van der Waals surface area contributed by atoms with E-state index in [0.717, 1.165) is 17.0 Å². The maximum atomic E-state index is 12.9. The summed E-state index contributed by atoms with van der Waals surface area (Å²) >= 11 is 1.65. The molecule has 2 fully saturated rings. The zero-order valence-electron chi connectivity index (χ0n) is 15.2. The summed E-state index contributed by atoms with van der Waals surface area (Å²) < 4.78 is 0. The Kier molecular flexibility index (Phi) is 5.11. The second-order valence-corrected chi connectivity index (χ2v) is 8.63. The van der Waals surface area contributed by atoms with E-state index in [2.05, 4.69) is 13.8 Å². The molecule has 136 valence electrons. The molecule has 2 aliphatic rings.